The van der Waals surface area contributed by atoms with E-state index in [1.165, 1.54) is 35.3 Å². The summed E-state index contributed by atoms with van der Waals surface area (Å²) in [4.78, 5) is 13.8. The Labute approximate surface area is 214 Å². The van der Waals surface area contributed by atoms with Crippen molar-refractivity contribution in [2.45, 2.75) is 76.4 Å². The van der Waals surface area contributed by atoms with E-state index >= 15 is 0 Å². The molecule has 2 aliphatic rings. The largest absolute Gasteiger partial charge is 0.368 e. The van der Waals surface area contributed by atoms with E-state index in [1.807, 2.05) is 11.8 Å². The zero-order chi connectivity index (χ0) is 24.6. The predicted molar refractivity (Wildman–Crippen MR) is 150 cm³/mol. The Morgan fingerprint density at radius 1 is 1.11 bits per heavy atom. The summed E-state index contributed by atoms with van der Waals surface area (Å²) in [7, 11) is 0. The molecule has 0 unspecified atom stereocenters. The quantitative estimate of drug-likeness (QED) is 0.381. The normalized spacial score (nSPS) is 17.4. The van der Waals surface area contributed by atoms with Crippen LogP contribution in [-0.4, -0.2) is 39.9 Å². The van der Waals surface area contributed by atoms with Gasteiger partial charge in [-0.3, -0.25) is 0 Å². The second kappa shape index (κ2) is 9.62. The SMILES string of the molecule is Cc1ccc2nc(N3CCSc4ccccc4C3)nc(NCC3(NC(C)(C)CC(C)C)CC3)c2c1. The molecule has 0 radical (unpaired) electrons. The molecule has 0 bridgehead atoms. The zero-order valence-corrected chi connectivity index (χ0v) is 22.6. The summed E-state index contributed by atoms with van der Waals surface area (Å²) < 4.78 is 0. The lowest BCUT2D eigenvalue weighted by molar-refractivity contribution is 0.276. The summed E-state index contributed by atoms with van der Waals surface area (Å²) in [5.74, 6) is 3.48. The van der Waals surface area contributed by atoms with Gasteiger partial charge in [-0.15, -0.1) is 11.8 Å². The number of benzene rings is 2. The van der Waals surface area contributed by atoms with Crippen LogP contribution >= 0.6 is 11.8 Å². The molecular weight excluding hydrogens is 450 g/mol. The highest BCUT2D eigenvalue weighted by atomic mass is 32.2. The maximum absolute atomic E-state index is 5.12. The summed E-state index contributed by atoms with van der Waals surface area (Å²) in [6.07, 6.45) is 3.58. The predicted octanol–water partition coefficient (Wildman–Crippen LogP) is 6.41. The molecule has 1 aromatic heterocycles. The van der Waals surface area contributed by atoms with E-state index in [2.05, 4.69) is 92.6 Å². The summed E-state index contributed by atoms with van der Waals surface area (Å²) in [6, 6.07) is 15.2. The van der Waals surface area contributed by atoms with Crippen LogP contribution in [0.15, 0.2) is 47.4 Å². The van der Waals surface area contributed by atoms with Gasteiger partial charge in [-0.2, -0.15) is 4.98 Å². The minimum absolute atomic E-state index is 0.124. The summed E-state index contributed by atoms with van der Waals surface area (Å²) in [5.41, 5.74) is 3.86. The Hall–Kier alpha value is -2.31. The lowest BCUT2D eigenvalue weighted by Crippen LogP contribution is -2.51. The first kappa shape index (κ1) is 24.4. The molecule has 6 heteroatoms. The number of fused-ring (bicyclic) bond motifs is 2. The second-order valence-electron chi connectivity index (χ2n) is 11.5. The number of aromatic nitrogens is 2. The van der Waals surface area contributed by atoms with E-state index in [4.69, 9.17) is 9.97 Å². The monoisotopic (exact) mass is 489 g/mol. The van der Waals surface area contributed by atoms with Crippen LogP contribution < -0.4 is 15.5 Å². The minimum Gasteiger partial charge on any atom is -0.368 e. The molecular formula is C29H39N5S. The highest BCUT2D eigenvalue weighted by Gasteiger charge is 2.45. The lowest BCUT2D eigenvalue weighted by atomic mass is 9.91. The Morgan fingerprint density at radius 2 is 1.91 bits per heavy atom. The van der Waals surface area contributed by atoms with Crippen molar-refractivity contribution in [2.75, 3.05) is 29.1 Å². The van der Waals surface area contributed by atoms with Gasteiger partial charge >= 0.3 is 0 Å². The summed E-state index contributed by atoms with van der Waals surface area (Å²) in [5, 5.41) is 8.85. The van der Waals surface area contributed by atoms with E-state index in [9.17, 15) is 0 Å². The molecule has 1 saturated carbocycles. The highest BCUT2D eigenvalue weighted by molar-refractivity contribution is 7.99. The first-order valence-corrected chi connectivity index (χ1v) is 14.0. The van der Waals surface area contributed by atoms with E-state index in [-0.39, 0.29) is 11.1 Å². The van der Waals surface area contributed by atoms with Gasteiger partial charge in [-0.25, -0.2) is 4.98 Å². The zero-order valence-electron chi connectivity index (χ0n) is 21.8. The molecule has 2 N–H and O–H groups in total. The van der Waals surface area contributed by atoms with Crippen molar-refractivity contribution < 1.29 is 0 Å². The van der Waals surface area contributed by atoms with Gasteiger partial charge in [0.15, 0.2) is 0 Å². The Kier molecular flexibility index (Phi) is 6.71. The first-order valence-electron chi connectivity index (χ1n) is 13.0. The van der Waals surface area contributed by atoms with Crippen LogP contribution in [0.3, 0.4) is 0 Å². The van der Waals surface area contributed by atoms with Gasteiger partial charge in [0.1, 0.15) is 5.82 Å². The van der Waals surface area contributed by atoms with Gasteiger partial charge in [0.05, 0.1) is 5.52 Å². The topological polar surface area (TPSA) is 53.1 Å². The van der Waals surface area contributed by atoms with Gasteiger partial charge in [0.25, 0.3) is 0 Å². The molecule has 5 rings (SSSR count). The highest BCUT2D eigenvalue weighted by Crippen LogP contribution is 2.39. The van der Waals surface area contributed by atoms with E-state index in [1.54, 1.807) is 0 Å². The third kappa shape index (κ3) is 5.75. The van der Waals surface area contributed by atoms with Crippen molar-refractivity contribution in [1.82, 2.24) is 15.3 Å². The fraction of sp³-hybridized carbons (Fsp3) is 0.517. The summed E-state index contributed by atoms with van der Waals surface area (Å²) >= 11 is 1.93. The molecule has 1 aliphatic carbocycles. The second-order valence-corrected chi connectivity index (χ2v) is 12.6. The molecule has 3 aromatic rings. The molecule has 35 heavy (non-hydrogen) atoms. The molecule has 1 aliphatic heterocycles. The van der Waals surface area contributed by atoms with E-state index in [0.717, 1.165) is 48.1 Å². The molecule has 1 fully saturated rings. The van der Waals surface area contributed by atoms with Crippen LogP contribution in [-0.2, 0) is 6.54 Å². The van der Waals surface area contributed by atoms with Crippen molar-refractivity contribution in [3.63, 3.8) is 0 Å². The maximum Gasteiger partial charge on any atom is 0.228 e. The van der Waals surface area contributed by atoms with Crippen molar-refractivity contribution in [3.05, 3.63) is 53.6 Å². The van der Waals surface area contributed by atoms with Crippen LogP contribution in [0.5, 0.6) is 0 Å². The van der Waals surface area contributed by atoms with Crippen molar-refractivity contribution >= 4 is 34.4 Å². The number of anilines is 2. The molecule has 2 heterocycles. The third-order valence-electron chi connectivity index (χ3n) is 7.04. The van der Waals surface area contributed by atoms with E-state index in [0.29, 0.717) is 5.92 Å². The molecule has 5 nitrogen and oxygen atoms in total. The van der Waals surface area contributed by atoms with Crippen molar-refractivity contribution in [2.24, 2.45) is 5.92 Å². The first-order chi connectivity index (χ1) is 16.7. The number of aryl methyl sites for hydroxylation is 1. The van der Waals surface area contributed by atoms with Crippen LogP contribution in [0.25, 0.3) is 10.9 Å². The number of hydrogen-bond acceptors (Lipinski definition) is 6. The fourth-order valence-corrected chi connectivity index (χ4v) is 6.57. The average Bonchev–Trinajstić information content (AvgIpc) is 3.58. The van der Waals surface area contributed by atoms with Gasteiger partial charge in [0, 0.05) is 46.7 Å². The minimum atomic E-state index is 0.124. The molecule has 186 valence electrons. The van der Waals surface area contributed by atoms with Gasteiger partial charge in [-0.1, -0.05) is 43.7 Å². The van der Waals surface area contributed by atoms with E-state index < -0.39 is 0 Å². The smallest absolute Gasteiger partial charge is 0.228 e. The fourth-order valence-electron chi connectivity index (χ4n) is 5.54. The molecule has 0 atom stereocenters. The molecule has 0 amide bonds. The maximum atomic E-state index is 5.12. The third-order valence-corrected chi connectivity index (χ3v) is 8.14. The molecule has 0 saturated heterocycles. The molecule has 2 aromatic carbocycles. The number of hydrogen-bond donors (Lipinski definition) is 2. The van der Waals surface area contributed by atoms with Gasteiger partial charge in [0.2, 0.25) is 5.95 Å². The standard InChI is InChI=1S/C29H39N5S/c1-20(2)17-28(4,5)33-29(12-13-29)19-30-26-23-16-21(3)10-11-24(23)31-27(32-26)34-14-15-35-25-9-7-6-8-22(25)18-34/h6-11,16,20,33H,12-15,17-19H2,1-5H3,(H,30,31,32). The lowest BCUT2D eigenvalue weighted by Gasteiger charge is -2.34. The Bertz CT molecular complexity index is 1200. The van der Waals surface area contributed by atoms with Crippen molar-refractivity contribution in [1.29, 1.82) is 0 Å². The molecule has 0 spiro atoms. The summed E-state index contributed by atoms with van der Waals surface area (Å²) in [6.45, 7) is 14.1. The Morgan fingerprint density at radius 3 is 2.69 bits per heavy atom. The van der Waals surface area contributed by atoms with Gasteiger partial charge in [-0.05, 0) is 69.7 Å². The van der Waals surface area contributed by atoms with Crippen LogP contribution in [0, 0.1) is 12.8 Å². The number of nitrogens with one attached hydrogen (secondary N) is 2. The van der Waals surface area contributed by atoms with Gasteiger partial charge < -0.3 is 15.5 Å². The number of thioether (sulfide) groups is 1. The number of nitrogens with zero attached hydrogens (tertiary/aromatic N) is 3. The van der Waals surface area contributed by atoms with Crippen LogP contribution in [0.4, 0.5) is 11.8 Å². The number of rotatable bonds is 8. The average molecular weight is 490 g/mol. The van der Waals surface area contributed by atoms with Crippen LogP contribution in [0.1, 0.15) is 58.1 Å². The Balaban J connectivity index is 1.41. The van der Waals surface area contributed by atoms with Crippen molar-refractivity contribution in [3.8, 4) is 0 Å². The van der Waals surface area contributed by atoms with Crippen LogP contribution in [0.2, 0.25) is 0 Å².